The van der Waals surface area contributed by atoms with Gasteiger partial charge in [-0.3, -0.25) is 14.9 Å². The van der Waals surface area contributed by atoms with Crippen molar-refractivity contribution >= 4 is 17.3 Å². The molecule has 0 aromatic heterocycles. The second-order valence-electron chi connectivity index (χ2n) is 5.68. The third kappa shape index (κ3) is 3.96. The molecule has 0 aliphatic carbocycles. The molecule has 6 nitrogen and oxygen atoms in total. The molecule has 2 rings (SSSR count). The monoisotopic (exact) mass is 305 g/mol. The number of hydrogen-bond donors (Lipinski definition) is 1. The fraction of sp³-hybridized carbons (Fsp3) is 0.562. The van der Waals surface area contributed by atoms with Crippen molar-refractivity contribution in [2.24, 2.45) is 5.92 Å². The van der Waals surface area contributed by atoms with E-state index >= 15 is 0 Å². The van der Waals surface area contributed by atoms with Crippen molar-refractivity contribution in [2.45, 2.75) is 32.6 Å². The zero-order valence-electron chi connectivity index (χ0n) is 13.0. The van der Waals surface area contributed by atoms with Crippen LogP contribution in [0.25, 0.3) is 0 Å². The predicted molar refractivity (Wildman–Crippen MR) is 86.0 cm³/mol. The lowest BCUT2D eigenvalue weighted by molar-refractivity contribution is -0.384. The number of carbonyl (C=O) groups excluding carboxylic acids is 1. The Hall–Kier alpha value is -2.11. The van der Waals surface area contributed by atoms with Crippen LogP contribution in [-0.2, 0) is 4.79 Å². The molecule has 1 aliphatic heterocycles. The zero-order chi connectivity index (χ0) is 15.9. The summed E-state index contributed by atoms with van der Waals surface area (Å²) in [4.78, 5) is 25.0. The van der Waals surface area contributed by atoms with Gasteiger partial charge in [0, 0.05) is 25.7 Å². The fourth-order valence-corrected chi connectivity index (χ4v) is 2.83. The first-order valence-corrected chi connectivity index (χ1v) is 7.89. The third-order valence-corrected chi connectivity index (χ3v) is 4.04. The molecule has 120 valence electrons. The number of nitro groups is 1. The van der Waals surface area contributed by atoms with Gasteiger partial charge in [0.05, 0.1) is 10.8 Å². The zero-order valence-corrected chi connectivity index (χ0v) is 13.0. The van der Waals surface area contributed by atoms with Crippen molar-refractivity contribution in [3.8, 4) is 0 Å². The molecule has 22 heavy (non-hydrogen) atoms. The smallest absolute Gasteiger partial charge is 0.292 e. The summed E-state index contributed by atoms with van der Waals surface area (Å²) < 4.78 is 0. The molecule has 6 heteroatoms. The summed E-state index contributed by atoms with van der Waals surface area (Å²) in [5.74, 6) is -0.0258. The molecule has 1 unspecified atom stereocenters. The van der Waals surface area contributed by atoms with E-state index in [4.69, 9.17) is 0 Å². The number of rotatable bonds is 6. The van der Waals surface area contributed by atoms with Gasteiger partial charge in [-0.25, -0.2) is 0 Å². The van der Waals surface area contributed by atoms with Gasteiger partial charge in [-0.1, -0.05) is 25.5 Å². The van der Waals surface area contributed by atoms with E-state index in [-0.39, 0.29) is 22.4 Å². The molecular formula is C16H23N3O3. The van der Waals surface area contributed by atoms with Gasteiger partial charge < -0.3 is 10.2 Å². The minimum Gasteiger partial charge on any atom is -0.365 e. The number of anilines is 1. The lowest BCUT2D eigenvalue weighted by atomic mass is 9.96. The van der Waals surface area contributed by atoms with E-state index in [9.17, 15) is 14.9 Å². The topological polar surface area (TPSA) is 75.5 Å². The SMILES string of the molecule is CCCCNC(=O)C1CCCN(c2ccccc2[N+](=O)[O-])C1. The summed E-state index contributed by atoms with van der Waals surface area (Å²) in [6.07, 6.45) is 3.74. The molecular weight excluding hydrogens is 282 g/mol. The van der Waals surface area contributed by atoms with Crippen LogP contribution in [0.4, 0.5) is 11.4 Å². The molecule has 1 N–H and O–H groups in total. The maximum absolute atomic E-state index is 12.2. The highest BCUT2D eigenvalue weighted by Gasteiger charge is 2.28. The van der Waals surface area contributed by atoms with Crippen LogP contribution in [-0.4, -0.2) is 30.5 Å². The number of nitrogens with one attached hydrogen (secondary N) is 1. The number of unbranched alkanes of at least 4 members (excludes halogenated alkanes) is 1. The molecule has 0 spiro atoms. The third-order valence-electron chi connectivity index (χ3n) is 4.04. The van der Waals surface area contributed by atoms with Crippen LogP contribution in [0.3, 0.4) is 0 Å². The molecule has 1 fully saturated rings. The Bertz CT molecular complexity index is 533. The number of nitro benzene ring substituents is 1. The highest BCUT2D eigenvalue weighted by Crippen LogP contribution is 2.31. The lowest BCUT2D eigenvalue weighted by Gasteiger charge is -2.33. The van der Waals surface area contributed by atoms with Crippen molar-refractivity contribution in [3.05, 3.63) is 34.4 Å². The Morgan fingerprint density at radius 3 is 2.95 bits per heavy atom. The molecule has 0 saturated carbocycles. The average molecular weight is 305 g/mol. The van der Waals surface area contributed by atoms with Crippen molar-refractivity contribution in [1.29, 1.82) is 0 Å². The Morgan fingerprint density at radius 2 is 2.23 bits per heavy atom. The number of carbonyl (C=O) groups is 1. The van der Waals surface area contributed by atoms with E-state index in [1.807, 2.05) is 4.90 Å². The lowest BCUT2D eigenvalue weighted by Crippen LogP contribution is -2.43. The maximum atomic E-state index is 12.2. The normalized spacial score (nSPS) is 18.0. The molecule has 1 atom stereocenters. The van der Waals surface area contributed by atoms with Crippen molar-refractivity contribution in [2.75, 3.05) is 24.5 Å². The molecule has 1 aliphatic rings. The number of para-hydroxylation sites is 2. The number of hydrogen-bond acceptors (Lipinski definition) is 4. The first-order valence-electron chi connectivity index (χ1n) is 7.89. The van der Waals surface area contributed by atoms with Crippen molar-refractivity contribution in [1.82, 2.24) is 5.32 Å². The highest BCUT2D eigenvalue weighted by molar-refractivity contribution is 5.80. The molecule has 1 aromatic carbocycles. The summed E-state index contributed by atoms with van der Waals surface area (Å²) in [5.41, 5.74) is 0.716. The number of piperidine rings is 1. The Labute approximate surface area is 130 Å². The van der Waals surface area contributed by atoms with Crippen LogP contribution in [0.15, 0.2) is 24.3 Å². The minimum absolute atomic E-state index is 0.0664. The summed E-state index contributed by atoms with van der Waals surface area (Å²) in [6, 6.07) is 6.74. The molecule has 0 bridgehead atoms. The second kappa shape index (κ2) is 7.77. The van der Waals surface area contributed by atoms with Crippen LogP contribution in [0, 0.1) is 16.0 Å². The number of benzene rings is 1. The summed E-state index contributed by atoms with van der Waals surface area (Å²) >= 11 is 0. The van der Waals surface area contributed by atoms with E-state index in [2.05, 4.69) is 12.2 Å². The van der Waals surface area contributed by atoms with Crippen LogP contribution in [0.1, 0.15) is 32.6 Å². The van der Waals surface area contributed by atoms with Gasteiger partial charge >= 0.3 is 0 Å². The van der Waals surface area contributed by atoms with Gasteiger partial charge in [-0.15, -0.1) is 0 Å². The summed E-state index contributed by atoms with van der Waals surface area (Å²) in [5, 5.41) is 14.1. The molecule has 1 amide bonds. The Balaban J connectivity index is 2.04. The largest absolute Gasteiger partial charge is 0.365 e. The first-order chi connectivity index (χ1) is 10.6. The van der Waals surface area contributed by atoms with E-state index in [0.29, 0.717) is 18.8 Å². The van der Waals surface area contributed by atoms with E-state index in [1.165, 1.54) is 6.07 Å². The van der Waals surface area contributed by atoms with E-state index in [0.717, 1.165) is 32.2 Å². The quantitative estimate of drug-likeness (QED) is 0.498. The second-order valence-corrected chi connectivity index (χ2v) is 5.68. The van der Waals surface area contributed by atoms with Gasteiger partial charge in [0.15, 0.2) is 0 Å². The first kappa shape index (κ1) is 16.3. The van der Waals surface area contributed by atoms with Crippen LogP contribution in [0.2, 0.25) is 0 Å². The van der Waals surface area contributed by atoms with Crippen LogP contribution < -0.4 is 10.2 Å². The summed E-state index contributed by atoms with van der Waals surface area (Å²) in [6.45, 7) is 4.09. The van der Waals surface area contributed by atoms with Gasteiger partial charge in [0.2, 0.25) is 5.91 Å². The Kier molecular flexibility index (Phi) is 5.75. The van der Waals surface area contributed by atoms with Gasteiger partial charge in [-0.05, 0) is 25.3 Å². The van der Waals surface area contributed by atoms with Gasteiger partial charge in [0.1, 0.15) is 5.69 Å². The van der Waals surface area contributed by atoms with Crippen LogP contribution in [0.5, 0.6) is 0 Å². The minimum atomic E-state index is -0.361. The van der Waals surface area contributed by atoms with Crippen LogP contribution >= 0.6 is 0 Å². The average Bonchev–Trinajstić information content (AvgIpc) is 2.55. The van der Waals surface area contributed by atoms with Gasteiger partial charge in [0.25, 0.3) is 5.69 Å². The van der Waals surface area contributed by atoms with E-state index < -0.39 is 0 Å². The van der Waals surface area contributed by atoms with Crippen molar-refractivity contribution < 1.29 is 9.72 Å². The molecule has 1 aromatic rings. The molecule has 1 saturated heterocycles. The number of amides is 1. The number of nitrogens with zero attached hydrogens (tertiary/aromatic N) is 2. The molecule has 0 radical (unpaired) electrons. The molecule has 1 heterocycles. The fourth-order valence-electron chi connectivity index (χ4n) is 2.83. The van der Waals surface area contributed by atoms with E-state index in [1.54, 1.807) is 18.2 Å². The van der Waals surface area contributed by atoms with Crippen molar-refractivity contribution in [3.63, 3.8) is 0 Å². The standard InChI is InChI=1S/C16H23N3O3/c1-2-3-10-17-16(20)13-7-6-11-18(12-13)14-8-4-5-9-15(14)19(21)22/h4-5,8-9,13H,2-3,6-7,10-12H2,1H3,(H,17,20). The van der Waals surface area contributed by atoms with Gasteiger partial charge in [-0.2, -0.15) is 0 Å². The Morgan fingerprint density at radius 1 is 1.45 bits per heavy atom. The summed E-state index contributed by atoms with van der Waals surface area (Å²) in [7, 11) is 0. The maximum Gasteiger partial charge on any atom is 0.292 e. The highest BCUT2D eigenvalue weighted by atomic mass is 16.6. The predicted octanol–water partition coefficient (Wildman–Crippen LogP) is 2.73.